The topological polar surface area (TPSA) is 67.7 Å². The van der Waals surface area contributed by atoms with E-state index in [2.05, 4.69) is 50.2 Å². The second-order valence-electron chi connectivity index (χ2n) is 8.27. The van der Waals surface area contributed by atoms with E-state index in [0.29, 0.717) is 13.1 Å². The predicted octanol–water partition coefficient (Wildman–Crippen LogP) is 5.24. The minimum Gasteiger partial charge on any atom is -0.284 e. The van der Waals surface area contributed by atoms with Gasteiger partial charge in [0, 0.05) is 50.3 Å². The molecule has 0 aromatic carbocycles. The summed E-state index contributed by atoms with van der Waals surface area (Å²) in [6, 6.07) is 28.1. The third-order valence-corrected chi connectivity index (χ3v) is 5.93. The van der Waals surface area contributed by atoms with E-state index in [1.54, 1.807) is 6.20 Å². The molecule has 5 heterocycles. The summed E-state index contributed by atoms with van der Waals surface area (Å²) >= 11 is 0. The van der Waals surface area contributed by atoms with Crippen LogP contribution in [0.25, 0.3) is 0 Å². The molecule has 1 unspecified atom stereocenters. The third-order valence-electron chi connectivity index (χ3n) is 5.93. The highest BCUT2D eigenvalue weighted by Crippen LogP contribution is 2.40. The molecule has 0 radical (unpaired) electrons. The summed E-state index contributed by atoms with van der Waals surface area (Å²) in [6.45, 7) is 1.26. The Hall–Kier alpha value is -4.29. The lowest BCUT2D eigenvalue weighted by molar-refractivity contribution is 0.156. The summed E-state index contributed by atoms with van der Waals surface area (Å²) in [5.41, 5.74) is 4.95. The van der Waals surface area contributed by atoms with Gasteiger partial charge in [-0.15, -0.1) is 0 Å². The predicted molar refractivity (Wildman–Crippen MR) is 135 cm³/mol. The van der Waals surface area contributed by atoms with Gasteiger partial charge in [0.15, 0.2) is 0 Å². The van der Waals surface area contributed by atoms with Crippen molar-refractivity contribution in [2.45, 2.75) is 25.0 Å². The van der Waals surface area contributed by atoms with Crippen molar-refractivity contribution in [3.8, 4) is 0 Å². The lowest BCUT2D eigenvalue weighted by Gasteiger charge is -2.37. The molecule has 0 fully saturated rings. The fraction of sp³-hybridized carbons (Fsp3) is 0.138. The van der Waals surface area contributed by atoms with Crippen LogP contribution in [0.15, 0.2) is 122 Å². The Morgan fingerprint density at radius 3 is 1.51 bits per heavy atom. The molecule has 0 saturated heterocycles. The van der Waals surface area contributed by atoms with Gasteiger partial charge in [-0.3, -0.25) is 29.8 Å². The lowest BCUT2D eigenvalue weighted by Crippen LogP contribution is -2.34. The fourth-order valence-electron chi connectivity index (χ4n) is 4.41. The van der Waals surface area contributed by atoms with Crippen LogP contribution in [-0.4, -0.2) is 29.8 Å². The first kappa shape index (κ1) is 22.5. The zero-order chi connectivity index (χ0) is 23.7. The molecule has 0 aliphatic rings. The molecule has 0 saturated carbocycles. The molecule has 0 spiro atoms. The molecule has 5 rings (SSSR count). The molecular weight excluding hydrogens is 432 g/mol. The van der Waals surface area contributed by atoms with Crippen LogP contribution in [0.3, 0.4) is 0 Å². The first-order valence-electron chi connectivity index (χ1n) is 11.6. The number of rotatable bonds is 9. The normalized spacial score (nSPS) is 12.1. The van der Waals surface area contributed by atoms with E-state index in [4.69, 9.17) is 9.97 Å². The molecule has 0 amide bonds. The Kier molecular flexibility index (Phi) is 7.22. The van der Waals surface area contributed by atoms with E-state index in [-0.39, 0.29) is 12.0 Å². The zero-order valence-electron chi connectivity index (χ0n) is 19.3. The number of aromatic nitrogens is 5. The van der Waals surface area contributed by atoms with Crippen LogP contribution in [0.2, 0.25) is 0 Å². The van der Waals surface area contributed by atoms with E-state index in [0.717, 1.165) is 28.3 Å². The van der Waals surface area contributed by atoms with E-state index in [1.807, 2.05) is 85.6 Å². The first-order chi connectivity index (χ1) is 17.4. The largest absolute Gasteiger partial charge is 0.284 e. The molecule has 172 valence electrons. The fourth-order valence-corrected chi connectivity index (χ4v) is 4.41. The van der Waals surface area contributed by atoms with Gasteiger partial charge < -0.3 is 0 Å². The quantitative estimate of drug-likeness (QED) is 0.301. The zero-order valence-corrected chi connectivity index (χ0v) is 19.3. The average Bonchev–Trinajstić information content (AvgIpc) is 2.94. The highest BCUT2D eigenvalue weighted by atomic mass is 15.2. The van der Waals surface area contributed by atoms with Gasteiger partial charge in [0.05, 0.1) is 34.7 Å². The maximum absolute atomic E-state index is 4.78. The Bertz CT molecular complexity index is 1200. The van der Waals surface area contributed by atoms with Crippen molar-refractivity contribution in [1.29, 1.82) is 0 Å². The minimum atomic E-state index is -0.131. The molecule has 0 N–H and O–H groups in total. The molecule has 6 heteroatoms. The highest BCUT2D eigenvalue weighted by Gasteiger charge is 2.34. The highest BCUT2D eigenvalue weighted by molar-refractivity contribution is 5.31. The minimum absolute atomic E-state index is 0.113. The van der Waals surface area contributed by atoms with Crippen molar-refractivity contribution >= 4 is 0 Å². The van der Waals surface area contributed by atoms with Gasteiger partial charge in [-0.05, 0) is 60.2 Å². The van der Waals surface area contributed by atoms with Gasteiger partial charge >= 0.3 is 0 Å². The summed E-state index contributed by atoms with van der Waals surface area (Å²) in [7, 11) is 0. The van der Waals surface area contributed by atoms with Crippen molar-refractivity contribution in [3.05, 3.63) is 150 Å². The van der Waals surface area contributed by atoms with Crippen LogP contribution < -0.4 is 0 Å². The van der Waals surface area contributed by atoms with Gasteiger partial charge in [-0.1, -0.05) is 30.3 Å². The van der Waals surface area contributed by atoms with Crippen LogP contribution in [-0.2, 0) is 13.1 Å². The number of pyridine rings is 5. The van der Waals surface area contributed by atoms with E-state index < -0.39 is 0 Å². The van der Waals surface area contributed by atoms with Crippen LogP contribution in [0, 0.1) is 0 Å². The summed E-state index contributed by atoms with van der Waals surface area (Å²) in [5, 5.41) is 0. The molecule has 0 aliphatic carbocycles. The molecular formula is C29H26N6. The number of hydrogen-bond acceptors (Lipinski definition) is 6. The average molecular weight is 459 g/mol. The molecule has 6 nitrogen and oxygen atoms in total. The standard InChI is InChI=1S/C29H26N6/c1-5-16-31-24(11-1)21-35(22-25-12-2-6-17-32-25)29(23-10-9-15-30-20-23)28(26-13-3-7-18-33-26)27-14-4-8-19-34-27/h1-20,28-29H,21-22H2. The Morgan fingerprint density at radius 1 is 0.543 bits per heavy atom. The molecule has 5 aromatic heterocycles. The second kappa shape index (κ2) is 11.2. The summed E-state index contributed by atoms with van der Waals surface area (Å²) < 4.78 is 0. The Morgan fingerprint density at radius 2 is 1.09 bits per heavy atom. The Balaban J connectivity index is 1.67. The smallest absolute Gasteiger partial charge is 0.0633 e. The second-order valence-corrected chi connectivity index (χ2v) is 8.27. The monoisotopic (exact) mass is 458 g/mol. The molecule has 0 aliphatic heterocycles. The van der Waals surface area contributed by atoms with Crippen molar-refractivity contribution in [2.24, 2.45) is 0 Å². The van der Waals surface area contributed by atoms with Gasteiger partial charge in [-0.25, -0.2) is 0 Å². The van der Waals surface area contributed by atoms with E-state index in [9.17, 15) is 0 Å². The van der Waals surface area contributed by atoms with Crippen LogP contribution in [0.1, 0.15) is 40.3 Å². The first-order valence-corrected chi connectivity index (χ1v) is 11.6. The van der Waals surface area contributed by atoms with E-state index >= 15 is 0 Å². The van der Waals surface area contributed by atoms with Crippen LogP contribution in [0.4, 0.5) is 0 Å². The van der Waals surface area contributed by atoms with E-state index in [1.165, 1.54) is 0 Å². The molecule has 5 aromatic rings. The number of hydrogen-bond donors (Lipinski definition) is 0. The maximum Gasteiger partial charge on any atom is 0.0633 e. The Labute approximate surface area is 205 Å². The van der Waals surface area contributed by atoms with Crippen molar-refractivity contribution in [3.63, 3.8) is 0 Å². The molecule has 35 heavy (non-hydrogen) atoms. The maximum atomic E-state index is 4.78. The summed E-state index contributed by atoms with van der Waals surface area (Å²) in [4.78, 5) is 25.7. The molecule has 1 atom stereocenters. The summed E-state index contributed by atoms with van der Waals surface area (Å²) in [6.07, 6.45) is 11.1. The van der Waals surface area contributed by atoms with Crippen LogP contribution >= 0.6 is 0 Å². The molecule has 0 bridgehead atoms. The van der Waals surface area contributed by atoms with Crippen LogP contribution in [0.5, 0.6) is 0 Å². The lowest BCUT2D eigenvalue weighted by atomic mass is 9.86. The van der Waals surface area contributed by atoms with Crippen molar-refractivity contribution in [2.75, 3.05) is 0 Å². The van der Waals surface area contributed by atoms with Gasteiger partial charge in [0.25, 0.3) is 0 Å². The number of nitrogens with zero attached hydrogens (tertiary/aromatic N) is 6. The van der Waals surface area contributed by atoms with Gasteiger partial charge in [-0.2, -0.15) is 0 Å². The van der Waals surface area contributed by atoms with Crippen molar-refractivity contribution < 1.29 is 0 Å². The van der Waals surface area contributed by atoms with Gasteiger partial charge in [0.1, 0.15) is 0 Å². The van der Waals surface area contributed by atoms with Gasteiger partial charge in [0.2, 0.25) is 0 Å². The SMILES string of the molecule is c1ccc(CN(Cc2ccccn2)C(c2cccnc2)C(c2ccccn2)c2ccccn2)nc1. The summed E-state index contributed by atoms with van der Waals surface area (Å²) in [5.74, 6) is -0.131. The third kappa shape index (κ3) is 5.62. The van der Waals surface area contributed by atoms with Crippen molar-refractivity contribution in [1.82, 2.24) is 29.8 Å².